The van der Waals surface area contributed by atoms with E-state index >= 15 is 0 Å². The Labute approximate surface area is 179 Å². The van der Waals surface area contributed by atoms with Gasteiger partial charge in [0.25, 0.3) is 0 Å². The molecule has 2 aromatic carbocycles. The van der Waals surface area contributed by atoms with E-state index in [9.17, 15) is 12.8 Å². The van der Waals surface area contributed by atoms with Crippen LogP contribution >= 0.6 is 0 Å². The topological polar surface area (TPSA) is 49.9 Å². The molecule has 0 aliphatic carbocycles. The number of rotatable bonds is 8. The second-order valence-corrected chi connectivity index (χ2v) is 10.1. The number of halogens is 1. The summed E-state index contributed by atoms with van der Waals surface area (Å²) in [6.07, 6.45) is 1.53. The van der Waals surface area contributed by atoms with Gasteiger partial charge in [-0.1, -0.05) is 32.0 Å². The molecule has 1 aliphatic rings. The third-order valence-electron chi connectivity index (χ3n) is 5.77. The van der Waals surface area contributed by atoms with Gasteiger partial charge in [-0.3, -0.25) is 4.90 Å². The maximum absolute atomic E-state index is 13.1. The van der Waals surface area contributed by atoms with Crippen molar-refractivity contribution in [3.63, 3.8) is 0 Å². The number of likely N-dealkylation sites (tertiary alicyclic amines) is 1. The van der Waals surface area contributed by atoms with Gasteiger partial charge >= 0.3 is 0 Å². The van der Waals surface area contributed by atoms with Crippen molar-refractivity contribution in [1.82, 2.24) is 9.21 Å². The summed E-state index contributed by atoms with van der Waals surface area (Å²) in [4.78, 5) is 2.44. The number of para-hydroxylation sites is 1. The zero-order valence-corrected chi connectivity index (χ0v) is 18.7. The number of ether oxygens (including phenoxy) is 1. The molecular formula is C23H31FN2O3S. The van der Waals surface area contributed by atoms with Crippen LogP contribution in [0, 0.1) is 5.82 Å². The maximum Gasteiger partial charge on any atom is 0.243 e. The molecule has 0 radical (unpaired) electrons. The van der Waals surface area contributed by atoms with Crippen LogP contribution in [0.15, 0.2) is 53.4 Å². The van der Waals surface area contributed by atoms with E-state index in [0.717, 1.165) is 38.2 Å². The van der Waals surface area contributed by atoms with E-state index < -0.39 is 15.8 Å². The van der Waals surface area contributed by atoms with Gasteiger partial charge in [-0.05, 0) is 67.7 Å². The third-order valence-corrected chi connectivity index (χ3v) is 7.69. The number of benzene rings is 2. The van der Waals surface area contributed by atoms with E-state index in [1.54, 1.807) is 7.05 Å². The fraction of sp³-hybridized carbons (Fsp3) is 0.478. The average molecular weight is 435 g/mol. The van der Waals surface area contributed by atoms with Crippen molar-refractivity contribution in [3.05, 3.63) is 59.9 Å². The molecule has 0 aromatic heterocycles. The molecule has 0 bridgehead atoms. The predicted molar refractivity (Wildman–Crippen MR) is 117 cm³/mol. The standard InChI is InChI=1S/C23H31FN2O3S/c1-18(2)22-6-4-5-7-23(22)29-17-16-26-14-12-20(13-15-26)25(3)30(27,28)21-10-8-19(24)9-11-21/h4-11,18,20H,12-17H2,1-3H3. The summed E-state index contributed by atoms with van der Waals surface area (Å²) in [6.45, 7) is 7.38. The summed E-state index contributed by atoms with van der Waals surface area (Å²) in [5.74, 6) is 0.909. The lowest BCUT2D eigenvalue weighted by Gasteiger charge is -2.36. The van der Waals surface area contributed by atoms with E-state index in [4.69, 9.17) is 4.74 Å². The highest BCUT2D eigenvalue weighted by Gasteiger charge is 2.30. The minimum Gasteiger partial charge on any atom is -0.492 e. The molecule has 30 heavy (non-hydrogen) atoms. The molecule has 0 saturated carbocycles. The van der Waals surface area contributed by atoms with Gasteiger partial charge in [0.2, 0.25) is 10.0 Å². The Bertz CT molecular complexity index is 924. The third kappa shape index (κ3) is 5.39. The molecule has 0 atom stereocenters. The van der Waals surface area contributed by atoms with E-state index in [2.05, 4.69) is 24.8 Å². The lowest BCUT2D eigenvalue weighted by Crippen LogP contribution is -2.46. The Morgan fingerprint density at radius 1 is 1.10 bits per heavy atom. The van der Waals surface area contributed by atoms with Crippen molar-refractivity contribution >= 4 is 10.0 Å². The average Bonchev–Trinajstić information content (AvgIpc) is 2.74. The molecular weight excluding hydrogens is 403 g/mol. The first-order chi connectivity index (χ1) is 14.3. The van der Waals surface area contributed by atoms with Crippen molar-refractivity contribution < 1.29 is 17.5 Å². The SMILES string of the molecule is CC(C)c1ccccc1OCCN1CCC(N(C)S(=O)(=O)c2ccc(F)cc2)CC1. The largest absolute Gasteiger partial charge is 0.492 e. The second-order valence-electron chi connectivity index (χ2n) is 8.09. The molecule has 2 aromatic rings. The highest BCUT2D eigenvalue weighted by molar-refractivity contribution is 7.89. The molecule has 0 spiro atoms. The Morgan fingerprint density at radius 2 is 1.73 bits per heavy atom. The van der Waals surface area contributed by atoms with Gasteiger partial charge in [-0.2, -0.15) is 4.31 Å². The van der Waals surface area contributed by atoms with Gasteiger partial charge in [0.15, 0.2) is 0 Å². The summed E-state index contributed by atoms with van der Waals surface area (Å²) in [5.41, 5.74) is 1.21. The Hall–Kier alpha value is -1.96. The van der Waals surface area contributed by atoms with E-state index in [-0.39, 0.29) is 10.9 Å². The highest BCUT2D eigenvalue weighted by Crippen LogP contribution is 2.26. The molecule has 0 N–H and O–H groups in total. The van der Waals surface area contributed by atoms with Crippen molar-refractivity contribution in [1.29, 1.82) is 0 Å². The summed E-state index contributed by atoms with van der Waals surface area (Å²) in [6, 6.07) is 13.1. The van der Waals surface area contributed by atoms with Gasteiger partial charge in [-0.15, -0.1) is 0 Å². The van der Waals surface area contributed by atoms with Crippen LogP contribution < -0.4 is 4.74 Å². The fourth-order valence-corrected chi connectivity index (χ4v) is 5.27. The van der Waals surface area contributed by atoms with Crippen molar-refractivity contribution in [2.24, 2.45) is 0 Å². The first-order valence-electron chi connectivity index (χ1n) is 10.5. The maximum atomic E-state index is 13.1. The molecule has 1 aliphatic heterocycles. The number of piperidine rings is 1. The van der Waals surface area contributed by atoms with E-state index in [0.29, 0.717) is 12.5 Å². The van der Waals surface area contributed by atoms with Gasteiger partial charge in [0, 0.05) is 19.6 Å². The molecule has 5 nitrogen and oxygen atoms in total. The summed E-state index contributed by atoms with van der Waals surface area (Å²) in [5, 5.41) is 0. The van der Waals surface area contributed by atoms with Crippen LogP contribution in [0.2, 0.25) is 0 Å². The molecule has 0 unspecified atom stereocenters. The van der Waals surface area contributed by atoms with Crippen LogP contribution in [0.4, 0.5) is 4.39 Å². The summed E-state index contributed by atoms with van der Waals surface area (Å²) in [7, 11) is -2.00. The Balaban J connectivity index is 1.49. The van der Waals surface area contributed by atoms with E-state index in [1.165, 1.54) is 34.1 Å². The summed E-state index contributed by atoms with van der Waals surface area (Å²) < 4.78 is 46.2. The lowest BCUT2D eigenvalue weighted by molar-refractivity contribution is 0.146. The first kappa shape index (κ1) is 22.7. The lowest BCUT2D eigenvalue weighted by atomic mass is 10.0. The highest BCUT2D eigenvalue weighted by atomic mass is 32.2. The second kappa shape index (κ2) is 9.90. The van der Waals surface area contributed by atoms with Gasteiger partial charge in [0.05, 0.1) is 4.90 Å². The van der Waals surface area contributed by atoms with Gasteiger partial charge in [0.1, 0.15) is 18.2 Å². The monoisotopic (exact) mass is 434 g/mol. The van der Waals surface area contributed by atoms with Crippen LogP contribution in [-0.2, 0) is 10.0 Å². The van der Waals surface area contributed by atoms with E-state index in [1.807, 2.05) is 18.2 Å². The first-order valence-corrected chi connectivity index (χ1v) is 11.9. The number of hydrogen-bond donors (Lipinski definition) is 0. The number of hydrogen-bond acceptors (Lipinski definition) is 4. The molecule has 3 rings (SSSR count). The molecule has 1 heterocycles. The van der Waals surface area contributed by atoms with Gasteiger partial charge < -0.3 is 4.74 Å². The Kier molecular flexibility index (Phi) is 7.50. The fourth-order valence-electron chi connectivity index (χ4n) is 3.85. The van der Waals surface area contributed by atoms with Crippen molar-refractivity contribution in [3.8, 4) is 5.75 Å². The molecule has 0 amide bonds. The normalized spacial score (nSPS) is 16.3. The molecule has 1 fully saturated rings. The minimum atomic E-state index is -3.62. The zero-order chi connectivity index (χ0) is 21.7. The zero-order valence-electron chi connectivity index (χ0n) is 17.9. The summed E-state index contributed by atoms with van der Waals surface area (Å²) >= 11 is 0. The Morgan fingerprint density at radius 3 is 2.37 bits per heavy atom. The molecule has 1 saturated heterocycles. The van der Waals surface area contributed by atoms with Crippen LogP contribution in [0.25, 0.3) is 0 Å². The van der Waals surface area contributed by atoms with Crippen LogP contribution in [-0.4, -0.2) is 57.0 Å². The van der Waals surface area contributed by atoms with Crippen LogP contribution in [0.5, 0.6) is 5.75 Å². The smallest absolute Gasteiger partial charge is 0.243 e. The quantitative estimate of drug-likeness (QED) is 0.627. The van der Waals surface area contributed by atoms with Crippen molar-refractivity contribution in [2.75, 3.05) is 33.3 Å². The predicted octanol–water partition coefficient (Wildman–Crippen LogP) is 4.11. The minimum absolute atomic E-state index is 0.0566. The number of nitrogens with zero attached hydrogens (tertiary/aromatic N) is 2. The molecule has 164 valence electrons. The van der Waals surface area contributed by atoms with Crippen LogP contribution in [0.1, 0.15) is 38.2 Å². The van der Waals surface area contributed by atoms with Gasteiger partial charge in [-0.25, -0.2) is 12.8 Å². The van der Waals surface area contributed by atoms with Crippen molar-refractivity contribution in [2.45, 2.75) is 43.5 Å². The van der Waals surface area contributed by atoms with Crippen LogP contribution in [0.3, 0.4) is 0 Å². The number of sulfonamides is 1. The molecule has 7 heteroatoms.